The van der Waals surface area contributed by atoms with Gasteiger partial charge in [-0.1, -0.05) is 263 Å². The molecule has 0 saturated carbocycles. The van der Waals surface area contributed by atoms with Crippen LogP contribution in [0.15, 0.2) is 24.3 Å². The van der Waals surface area contributed by atoms with Crippen molar-refractivity contribution in [3.05, 3.63) is 24.3 Å². The SMILES string of the molecule is CCCCCCCCCCC/C=C\CCCCCCCC(=O)OCC(COC(=O)CCCCCCCCCCCCCCC)OC(=O)CCCCCCC/C=C\CCCCCCCCCCC. The van der Waals surface area contributed by atoms with Crippen LogP contribution in [0.3, 0.4) is 0 Å². The maximum atomic E-state index is 12.9. The van der Waals surface area contributed by atoms with Gasteiger partial charge in [0.05, 0.1) is 0 Å². The Morgan fingerprint density at radius 2 is 0.493 bits per heavy atom. The fourth-order valence-electron chi connectivity index (χ4n) is 8.91. The third-order valence-electron chi connectivity index (χ3n) is 13.4. The predicted octanol–water partition coefficient (Wildman–Crippen LogP) is 19.9. The Bertz CT molecular complexity index is 1080. The maximum Gasteiger partial charge on any atom is 0.306 e. The van der Waals surface area contributed by atoms with Gasteiger partial charge in [0.2, 0.25) is 0 Å². The van der Waals surface area contributed by atoms with Gasteiger partial charge in [-0.15, -0.1) is 0 Å². The van der Waals surface area contributed by atoms with E-state index in [2.05, 4.69) is 45.1 Å². The molecule has 0 N–H and O–H groups in total. The second-order valence-corrected chi connectivity index (χ2v) is 20.3. The Kier molecular flexibility index (Phi) is 54.7. The molecule has 0 aromatic carbocycles. The molecular formula is C61H114O6. The topological polar surface area (TPSA) is 78.9 Å². The Hall–Kier alpha value is -2.11. The van der Waals surface area contributed by atoms with Crippen LogP contribution in [-0.4, -0.2) is 37.2 Å². The highest BCUT2D eigenvalue weighted by atomic mass is 16.6. The van der Waals surface area contributed by atoms with E-state index in [4.69, 9.17) is 14.2 Å². The van der Waals surface area contributed by atoms with Gasteiger partial charge in [0.25, 0.3) is 0 Å². The van der Waals surface area contributed by atoms with Gasteiger partial charge in [-0.3, -0.25) is 14.4 Å². The Morgan fingerprint density at radius 1 is 0.284 bits per heavy atom. The number of esters is 3. The average Bonchev–Trinajstić information content (AvgIpc) is 3.33. The number of unbranched alkanes of at least 4 members (excludes halogenated alkanes) is 40. The van der Waals surface area contributed by atoms with E-state index in [-0.39, 0.29) is 31.1 Å². The summed E-state index contributed by atoms with van der Waals surface area (Å²) < 4.78 is 16.9. The lowest BCUT2D eigenvalue weighted by atomic mass is 10.0. The standard InChI is InChI=1S/C61H114O6/c1-4-7-10-13-16-19-22-25-27-29-31-33-36-39-42-45-48-51-54-60(63)66-57-58(56-65-59(62)53-50-47-44-41-38-35-24-21-18-15-12-9-6-3)67-61(64)55-52-49-46-43-40-37-34-32-30-28-26-23-20-17-14-11-8-5-2/h31-34,58H,4-30,35-57H2,1-3H3/b33-31-,34-32-. The highest BCUT2D eigenvalue weighted by Crippen LogP contribution is 2.16. The molecule has 0 aromatic rings. The molecule has 0 fully saturated rings. The van der Waals surface area contributed by atoms with Crippen molar-refractivity contribution < 1.29 is 28.6 Å². The van der Waals surface area contributed by atoms with Crippen LogP contribution in [0.25, 0.3) is 0 Å². The lowest BCUT2D eigenvalue weighted by Gasteiger charge is -2.18. The van der Waals surface area contributed by atoms with E-state index in [0.717, 1.165) is 70.6 Å². The average molecular weight is 944 g/mol. The van der Waals surface area contributed by atoms with Gasteiger partial charge in [0.1, 0.15) is 13.2 Å². The first-order valence-electron chi connectivity index (χ1n) is 29.8. The predicted molar refractivity (Wildman–Crippen MR) is 289 cm³/mol. The van der Waals surface area contributed by atoms with Crippen molar-refractivity contribution in [2.24, 2.45) is 0 Å². The number of hydrogen-bond acceptors (Lipinski definition) is 6. The van der Waals surface area contributed by atoms with E-state index in [1.165, 1.54) is 218 Å². The van der Waals surface area contributed by atoms with Crippen LogP contribution in [0, 0.1) is 0 Å². The molecule has 0 saturated heterocycles. The minimum atomic E-state index is -0.775. The lowest BCUT2D eigenvalue weighted by molar-refractivity contribution is -0.167. The van der Waals surface area contributed by atoms with E-state index in [9.17, 15) is 14.4 Å². The van der Waals surface area contributed by atoms with Crippen molar-refractivity contribution in [3.63, 3.8) is 0 Å². The zero-order chi connectivity index (χ0) is 48.6. The third-order valence-corrected chi connectivity index (χ3v) is 13.4. The first-order valence-corrected chi connectivity index (χ1v) is 29.8. The van der Waals surface area contributed by atoms with Crippen molar-refractivity contribution in [1.82, 2.24) is 0 Å². The van der Waals surface area contributed by atoms with Crippen LogP contribution in [0.2, 0.25) is 0 Å². The van der Waals surface area contributed by atoms with E-state index in [1.54, 1.807) is 0 Å². The lowest BCUT2D eigenvalue weighted by Crippen LogP contribution is -2.30. The fraction of sp³-hybridized carbons (Fsp3) is 0.885. The second kappa shape index (κ2) is 56.5. The van der Waals surface area contributed by atoms with Gasteiger partial charge in [-0.2, -0.15) is 0 Å². The third kappa shape index (κ3) is 54.7. The Morgan fingerprint density at radius 3 is 0.746 bits per heavy atom. The van der Waals surface area contributed by atoms with Gasteiger partial charge in [0, 0.05) is 19.3 Å². The summed E-state index contributed by atoms with van der Waals surface area (Å²) in [5, 5.41) is 0. The fourth-order valence-corrected chi connectivity index (χ4v) is 8.91. The Balaban J connectivity index is 4.34. The number of rotatable bonds is 55. The van der Waals surface area contributed by atoms with E-state index >= 15 is 0 Å². The van der Waals surface area contributed by atoms with E-state index in [1.807, 2.05) is 0 Å². The van der Waals surface area contributed by atoms with E-state index < -0.39 is 6.10 Å². The molecule has 0 spiro atoms. The molecule has 6 nitrogen and oxygen atoms in total. The molecular weight excluding hydrogens is 829 g/mol. The normalized spacial score (nSPS) is 12.1. The van der Waals surface area contributed by atoms with E-state index in [0.29, 0.717) is 19.3 Å². The molecule has 0 amide bonds. The molecule has 0 rings (SSSR count). The van der Waals surface area contributed by atoms with Gasteiger partial charge >= 0.3 is 17.9 Å². The summed E-state index contributed by atoms with van der Waals surface area (Å²) in [7, 11) is 0. The van der Waals surface area contributed by atoms with Crippen LogP contribution in [0.4, 0.5) is 0 Å². The summed E-state index contributed by atoms with van der Waals surface area (Å²) in [6.07, 6.45) is 66.0. The summed E-state index contributed by atoms with van der Waals surface area (Å²) in [5.41, 5.74) is 0. The molecule has 1 unspecified atom stereocenters. The van der Waals surface area contributed by atoms with Crippen LogP contribution in [-0.2, 0) is 28.6 Å². The highest BCUT2D eigenvalue weighted by Gasteiger charge is 2.19. The van der Waals surface area contributed by atoms with Gasteiger partial charge in [0.15, 0.2) is 6.10 Å². The molecule has 0 aliphatic heterocycles. The van der Waals surface area contributed by atoms with Crippen LogP contribution in [0.5, 0.6) is 0 Å². The zero-order valence-corrected chi connectivity index (χ0v) is 45.2. The summed E-state index contributed by atoms with van der Waals surface area (Å²) in [4.78, 5) is 38.2. The van der Waals surface area contributed by atoms with Crippen molar-refractivity contribution >= 4 is 17.9 Å². The smallest absolute Gasteiger partial charge is 0.306 e. The Labute approximate surface area is 417 Å². The number of carbonyl (C=O) groups excluding carboxylic acids is 3. The molecule has 0 aliphatic carbocycles. The molecule has 0 heterocycles. The number of ether oxygens (including phenoxy) is 3. The molecule has 1 atom stereocenters. The van der Waals surface area contributed by atoms with Gasteiger partial charge in [-0.25, -0.2) is 0 Å². The minimum absolute atomic E-state index is 0.0728. The van der Waals surface area contributed by atoms with Crippen molar-refractivity contribution in [2.75, 3.05) is 13.2 Å². The molecule has 0 aromatic heterocycles. The molecule has 0 radical (unpaired) electrons. The molecule has 0 aliphatic rings. The number of allylic oxidation sites excluding steroid dienone is 4. The molecule has 67 heavy (non-hydrogen) atoms. The number of carbonyl (C=O) groups is 3. The van der Waals surface area contributed by atoms with Crippen LogP contribution >= 0.6 is 0 Å². The maximum absolute atomic E-state index is 12.9. The van der Waals surface area contributed by atoms with Crippen LogP contribution < -0.4 is 0 Å². The molecule has 394 valence electrons. The summed E-state index contributed by atoms with van der Waals surface area (Å²) >= 11 is 0. The first-order chi connectivity index (χ1) is 33.0. The summed E-state index contributed by atoms with van der Waals surface area (Å²) in [6.45, 7) is 6.68. The molecule has 0 bridgehead atoms. The van der Waals surface area contributed by atoms with Crippen LogP contribution in [0.1, 0.15) is 329 Å². The van der Waals surface area contributed by atoms with Gasteiger partial charge in [-0.05, 0) is 70.6 Å². The quantitative estimate of drug-likeness (QED) is 0.0262. The summed E-state index contributed by atoms with van der Waals surface area (Å²) in [6, 6.07) is 0. The minimum Gasteiger partial charge on any atom is -0.462 e. The zero-order valence-electron chi connectivity index (χ0n) is 45.2. The van der Waals surface area contributed by atoms with Gasteiger partial charge < -0.3 is 14.2 Å². The number of hydrogen-bond donors (Lipinski definition) is 0. The second-order valence-electron chi connectivity index (χ2n) is 20.3. The van der Waals surface area contributed by atoms with Crippen molar-refractivity contribution in [1.29, 1.82) is 0 Å². The van der Waals surface area contributed by atoms with Crippen molar-refractivity contribution in [3.8, 4) is 0 Å². The summed E-state index contributed by atoms with van der Waals surface area (Å²) in [5.74, 6) is -0.869. The van der Waals surface area contributed by atoms with Crippen molar-refractivity contribution in [2.45, 2.75) is 335 Å². The first kappa shape index (κ1) is 64.9. The monoisotopic (exact) mass is 943 g/mol. The highest BCUT2D eigenvalue weighted by molar-refractivity contribution is 5.71. The molecule has 6 heteroatoms. The largest absolute Gasteiger partial charge is 0.462 e.